The van der Waals surface area contributed by atoms with Crippen molar-refractivity contribution in [3.63, 3.8) is 0 Å². The zero-order chi connectivity index (χ0) is 34.4. The van der Waals surface area contributed by atoms with Crippen molar-refractivity contribution in [1.82, 2.24) is 0 Å². The fraction of sp³-hybridized carbons (Fsp3) is 0.0400. The topological polar surface area (TPSA) is 6.48 Å². The van der Waals surface area contributed by atoms with Gasteiger partial charge < -0.3 is 9.80 Å². The van der Waals surface area contributed by atoms with Crippen LogP contribution in [0.5, 0.6) is 0 Å². The van der Waals surface area contributed by atoms with Crippen molar-refractivity contribution in [2.45, 2.75) is 12.0 Å². The molecule has 2 unspecified atom stereocenters. The van der Waals surface area contributed by atoms with E-state index in [1.807, 2.05) is 0 Å². The predicted octanol–water partition coefficient (Wildman–Crippen LogP) is 13.5. The highest BCUT2D eigenvalue weighted by atomic mass is 15.2. The van der Waals surface area contributed by atoms with E-state index in [1.54, 1.807) is 0 Å². The first-order valence-electron chi connectivity index (χ1n) is 18.1. The molecule has 8 aromatic carbocycles. The van der Waals surface area contributed by atoms with Crippen LogP contribution in [0.2, 0.25) is 0 Å². The van der Waals surface area contributed by atoms with E-state index in [-0.39, 0.29) is 6.04 Å². The lowest BCUT2D eigenvalue weighted by Crippen LogP contribution is -2.28. The third kappa shape index (κ3) is 5.11. The van der Waals surface area contributed by atoms with Crippen molar-refractivity contribution in [2.24, 2.45) is 0 Å². The average molecular weight is 665 g/mol. The summed E-state index contributed by atoms with van der Waals surface area (Å²) in [5.74, 6) is 0.295. The highest BCUT2D eigenvalue weighted by Crippen LogP contribution is 2.50. The van der Waals surface area contributed by atoms with Crippen LogP contribution in [-0.2, 0) is 0 Å². The molecule has 0 bridgehead atoms. The van der Waals surface area contributed by atoms with Crippen molar-refractivity contribution in [3.8, 4) is 22.3 Å². The fourth-order valence-electron chi connectivity index (χ4n) is 8.31. The molecule has 10 rings (SSSR count). The van der Waals surface area contributed by atoms with Crippen molar-refractivity contribution in [2.75, 3.05) is 9.80 Å². The highest BCUT2D eigenvalue weighted by molar-refractivity contribution is 5.99. The quantitative estimate of drug-likeness (QED) is 0.175. The van der Waals surface area contributed by atoms with Crippen LogP contribution in [0.3, 0.4) is 0 Å². The maximum absolute atomic E-state index is 2.54. The van der Waals surface area contributed by atoms with Gasteiger partial charge in [-0.2, -0.15) is 0 Å². The first-order valence-corrected chi connectivity index (χ1v) is 18.1. The number of nitrogens with zero attached hydrogens (tertiary/aromatic N) is 2. The molecule has 52 heavy (non-hydrogen) atoms. The molecule has 0 saturated carbocycles. The summed E-state index contributed by atoms with van der Waals surface area (Å²) in [6, 6.07) is 66.4. The maximum Gasteiger partial charge on any atom is 0.0629 e. The van der Waals surface area contributed by atoms with Gasteiger partial charge in [-0.15, -0.1) is 0 Å². The van der Waals surface area contributed by atoms with Crippen molar-refractivity contribution >= 4 is 50.0 Å². The van der Waals surface area contributed by atoms with Gasteiger partial charge in [0.2, 0.25) is 0 Å². The number of benzene rings is 8. The second-order valence-electron chi connectivity index (χ2n) is 13.7. The van der Waals surface area contributed by atoms with Crippen LogP contribution < -0.4 is 9.80 Å². The maximum atomic E-state index is 2.54. The lowest BCUT2D eigenvalue weighted by atomic mass is 9.89. The minimum absolute atomic E-state index is 0.245. The van der Waals surface area contributed by atoms with Gasteiger partial charge in [-0.1, -0.05) is 152 Å². The van der Waals surface area contributed by atoms with E-state index in [0.717, 1.165) is 17.1 Å². The molecule has 2 nitrogen and oxygen atoms in total. The van der Waals surface area contributed by atoms with Crippen LogP contribution in [0.1, 0.15) is 11.5 Å². The number of para-hydroxylation sites is 1. The number of fused-ring (bicyclic) bond motifs is 5. The third-order valence-electron chi connectivity index (χ3n) is 10.8. The van der Waals surface area contributed by atoms with Gasteiger partial charge in [0, 0.05) is 39.7 Å². The number of rotatable bonds is 6. The molecule has 1 aliphatic carbocycles. The molecule has 1 aliphatic heterocycles. The monoisotopic (exact) mass is 664 g/mol. The molecule has 8 aromatic rings. The van der Waals surface area contributed by atoms with Crippen LogP contribution in [-0.4, -0.2) is 6.04 Å². The molecule has 0 amide bonds. The third-order valence-corrected chi connectivity index (χ3v) is 10.8. The minimum Gasteiger partial charge on any atom is -0.333 e. The van der Waals surface area contributed by atoms with E-state index in [9.17, 15) is 0 Å². The lowest BCUT2D eigenvalue weighted by molar-refractivity contribution is 0.746. The van der Waals surface area contributed by atoms with Gasteiger partial charge in [0.25, 0.3) is 0 Å². The smallest absolute Gasteiger partial charge is 0.0629 e. The van der Waals surface area contributed by atoms with E-state index in [0.29, 0.717) is 5.92 Å². The Morgan fingerprint density at radius 2 is 0.981 bits per heavy atom. The van der Waals surface area contributed by atoms with Gasteiger partial charge in [-0.25, -0.2) is 0 Å². The minimum atomic E-state index is 0.245. The molecule has 2 heteroatoms. The number of anilines is 5. The number of allylic oxidation sites excluding steroid dienone is 2. The second kappa shape index (κ2) is 12.6. The summed E-state index contributed by atoms with van der Waals surface area (Å²) in [5.41, 5.74) is 12.2. The largest absolute Gasteiger partial charge is 0.333 e. The molecule has 246 valence electrons. The van der Waals surface area contributed by atoms with Crippen molar-refractivity contribution in [3.05, 3.63) is 212 Å². The van der Waals surface area contributed by atoms with Gasteiger partial charge >= 0.3 is 0 Å². The standard InChI is InChI=1S/C50H36N2/c1-2-16-40(17-3-1)51(42-31-26-38(27-32-42)44-21-10-14-36-12-4-6-18-43(36)44)41-29-24-35(25-30-41)39-28-33-50-47(34-39)46-20-8-9-22-49(46)52(50)48-23-11-15-37-13-5-7-19-45(37)48/h1-34,46,49H. The molecular weight excluding hydrogens is 629 g/mol. The molecule has 0 saturated heterocycles. The van der Waals surface area contributed by atoms with Gasteiger partial charge in [-0.3, -0.25) is 0 Å². The van der Waals surface area contributed by atoms with Gasteiger partial charge in [0.1, 0.15) is 0 Å². The summed E-state index contributed by atoms with van der Waals surface area (Å²) in [5, 5.41) is 5.08. The van der Waals surface area contributed by atoms with E-state index in [2.05, 4.69) is 216 Å². The summed E-state index contributed by atoms with van der Waals surface area (Å²) in [4.78, 5) is 4.88. The zero-order valence-electron chi connectivity index (χ0n) is 28.7. The normalized spacial score (nSPS) is 15.9. The Kier molecular flexibility index (Phi) is 7.32. The van der Waals surface area contributed by atoms with E-state index < -0.39 is 0 Å². The molecule has 0 N–H and O–H groups in total. The SMILES string of the molecule is C1=CC2c3cc(-c4ccc(N(c5ccccc5)c5ccc(-c6cccc7ccccc67)cc5)cc4)ccc3N(c3cccc4ccccc34)C2C=C1. The summed E-state index contributed by atoms with van der Waals surface area (Å²) >= 11 is 0. The van der Waals surface area contributed by atoms with Crippen molar-refractivity contribution < 1.29 is 0 Å². The average Bonchev–Trinajstić information content (AvgIpc) is 3.55. The zero-order valence-corrected chi connectivity index (χ0v) is 28.7. The molecule has 2 aliphatic rings. The Bertz CT molecular complexity index is 2620. The second-order valence-corrected chi connectivity index (χ2v) is 13.7. The first-order chi connectivity index (χ1) is 25.8. The fourth-order valence-corrected chi connectivity index (χ4v) is 8.31. The van der Waals surface area contributed by atoms with Gasteiger partial charge in [0.15, 0.2) is 0 Å². The molecule has 0 spiro atoms. The lowest BCUT2D eigenvalue weighted by Gasteiger charge is -2.29. The number of hydrogen-bond acceptors (Lipinski definition) is 2. The Balaban J connectivity index is 0.999. The van der Waals surface area contributed by atoms with Crippen LogP contribution in [0, 0.1) is 0 Å². The molecule has 0 aromatic heterocycles. The molecule has 1 heterocycles. The van der Waals surface area contributed by atoms with E-state index in [4.69, 9.17) is 0 Å². The van der Waals surface area contributed by atoms with Gasteiger partial charge in [-0.05, 0) is 98.6 Å². The molecule has 0 fully saturated rings. The van der Waals surface area contributed by atoms with Crippen LogP contribution in [0.25, 0.3) is 43.8 Å². The molecular formula is C50H36N2. The first kappa shape index (κ1) is 30.2. The van der Waals surface area contributed by atoms with E-state index >= 15 is 0 Å². The van der Waals surface area contributed by atoms with Crippen LogP contribution in [0.15, 0.2) is 206 Å². The Morgan fingerprint density at radius 3 is 1.75 bits per heavy atom. The Labute approximate surface area is 304 Å². The Morgan fingerprint density at radius 1 is 0.404 bits per heavy atom. The summed E-state index contributed by atoms with van der Waals surface area (Å²) in [6.07, 6.45) is 9.12. The Hall–Kier alpha value is -6.64. The highest BCUT2D eigenvalue weighted by Gasteiger charge is 2.38. The van der Waals surface area contributed by atoms with Gasteiger partial charge in [0.05, 0.1) is 6.04 Å². The van der Waals surface area contributed by atoms with E-state index in [1.165, 1.54) is 60.7 Å². The summed E-state index contributed by atoms with van der Waals surface area (Å²) in [7, 11) is 0. The number of hydrogen-bond donors (Lipinski definition) is 0. The van der Waals surface area contributed by atoms with Crippen molar-refractivity contribution in [1.29, 1.82) is 0 Å². The molecule has 2 atom stereocenters. The van der Waals surface area contributed by atoms with Crippen LogP contribution in [0.4, 0.5) is 28.4 Å². The molecule has 0 radical (unpaired) electrons. The van der Waals surface area contributed by atoms with Crippen LogP contribution >= 0.6 is 0 Å². The summed E-state index contributed by atoms with van der Waals surface area (Å²) in [6.45, 7) is 0. The predicted molar refractivity (Wildman–Crippen MR) is 220 cm³/mol. The summed E-state index contributed by atoms with van der Waals surface area (Å²) < 4.78 is 0.